The number of aromatic nitrogens is 2. The van der Waals surface area contributed by atoms with Crippen molar-refractivity contribution in [3.63, 3.8) is 0 Å². The number of fused-ring (bicyclic) bond motifs is 2. The first kappa shape index (κ1) is 25.6. The summed E-state index contributed by atoms with van der Waals surface area (Å²) >= 11 is 0. The Morgan fingerprint density at radius 2 is 1.73 bits per heavy atom. The van der Waals surface area contributed by atoms with E-state index >= 15 is 0 Å². The molecule has 1 amide bonds. The largest absolute Gasteiger partial charge is 0.417 e. The molecule has 0 fully saturated rings. The monoisotopic (exact) mass is 542 g/mol. The summed E-state index contributed by atoms with van der Waals surface area (Å²) in [6.07, 6.45) is -4.27. The van der Waals surface area contributed by atoms with Crippen LogP contribution in [-0.2, 0) is 25.7 Å². The molecule has 0 unspecified atom stereocenters. The second-order valence-corrected chi connectivity index (χ2v) is 9.73. The number of carbonyl (C=O) groups is 1. The lowest BCUT2D eigenvalue weighted by Crippen LogP contribution is -2.30. The predicted octanol–water partition coefficient (Wildman–Crippen LogP) is 7.42. The molecule has 0 saturated carbocycles. The molecule has 2 N–H and O–H groups in total. The summed E-state index contributed by atoms with van der Waals surface area (Å²) in [5.41, 5.74) is 5.23. The molecule has 0 spiro atoms. The van der Waals surface area contributed by atoms with Gasteiger partial charge < -0.3 is 9.72 Å². The van der Waals surface area contributed by atoms with Crippen molar-refractivity contribution in [3.8, 4) is 16.9 Å². The number of nitrogens with one attached hydrogen (secondary N) is 2. The lowest BCUT2D eigenvalue weighted by atomic mass is 9.99. The van der Waals surface area contributed by atoms with Crippen LogP contribution < -0.4 is 10.1 Å². The molecular formula is C31H25F3N4O2. The molecule has 1 aliphatic rings. The van der Waals surface area contributed by atoms with E-state index in [1.54, 1.807) is 24.3 Å². The maximum Gasteiger partial charge on any atom is 0.417 e. The Bertz CT molecular complexity index is 1650. The standard InChI is InChI=1S/C31H25F3N4O2/c32-31(33,34)23-12-9-20(10-13-23)25-5-1-4-8-28(25)40-30(39)35-24-14-11-22-18-38(16-15-21(22)17-24)19-29-36-26-6-2-3-7-27(26)37-29/h1-14,17H,15-16,18-19H2,(H,35,39)(H,36,37). The average molecular weight is 543 g/mol. The van der Waals surface area contributed by atoms with E-state index in [1.165, 1.54) is 17.7 Å². The summed E-state index contributed by atoms with van der Waals surface area (Å²) in [4.78, 5) is 23.1. The van der Waals surface area contributed by atoms with Crippen LogP contribution in [0, 0.1) is 0 Å². The van der Waals surface area contributed by atoms with E-state index < -0.39 is 17.8 Å². The summed E-state index contributed by atoms with van der Waals surface area (Å²) in [6.45, 7) is 2.36. The van der Waals surface area contributed by atoms with Gasteiger partial charge in [-0.1, -0.05) is 48.5 Å². The Morgan fingerprint density at radius 1 is 0.950 bits per heavy atom. The number of nitrogens with zero attached hydrogens (tertiary/aromatic N) is 2. The Kier molecular flexibility index (Phi) is 6.73. The molecule has 6 nitrogen and oxygen atoms in total. The quantitative estimate of drug-likeness (QED) is 0.243. The number of carbonyl (C=O) groups excluding carboxylic acids is 1. The van der Waals surface area contributed by atoms with E-state index in [0.717, 1.165) is 60.6 Å². The van der Waals surface area contributed by atoms with Gasteiger partial charge in [0.05, 0.1) is 23.1 Å². The number of anilines is 1. The molecule has 0 bridgehead atoms. The van der Waals surface area contributed by atoms with E-state index in [4.69, 9.17) is 4.74 Å². The van der Waals surface area contributed by atoms with E-state index in [9.17, 15) is 18.0 Å². The van der Waals surface area contributed by atoms with E-state index in [-0.39, 0.29) is 5.75 Å². The first-order valence-electron chi connectivity index (χ1n) is 12.8. The van der Waals surface area contributed by atoms with E-state index in [1.807, 2.05) is 42.5 Å². The van der Waals surface area contributed by atoms with Crippen molar-refractivity contribution in [2.75, 3.05) is 11.9 Å². The molecule has 1 aliphatic heterocycles. The van der Waals surface area contributed by atoms with Gasteiger partial charge in [-0.3, -0.25) is 10.2 Å². The SMILES string of the molecule is O=C(Nc1ccc2c(c1)CCN(Cc1nc3ccccc3[nH]1)C2)Oc1ccccc1-c1ccc(C(F)(F)F)cc1. The van der Waals surface area contributed by atoms with Crippen molar-refractivity contribution in [1.82, 2.24) is 14.9 Å². The number of H-pyrrole nitrogens is 1. The van der Waals surface area contributed by atoms with Crippen LogP contribution >= 0.6 is 0 Å². The van der Waals surface area contributed by atoms with Crippen LogP contribution in [0.15, 0.2) is 91.0 Å². The number of rotatable bonds is 5. The van der Waals surface area contributed by atoms with Crippen molar-refractivity contribution in [1.29, 1.82) is 0 Å². The van der Waals surface area contributed by atoms with Crippen LogP contribution in [0.25, 0.3) is 22.2 Å². The van der Waals surface area contributed by atoms with Crippen LogP contribution in [0.1, 0.15) is 22.5 Å². The lowest BCUT2D eigenvalue weighted by Gasteiger charge is -2.28. The van der Waals surface area contributed by atoms with Crippen LogP contribution in [-0.4, -0.2) is 27.5 Å². The molecule has 0 saturated heterocycles. The van der Waals surface area contributed by atoms with Gasteiger partial charge in [-0.05, 0) is 65.6 Å². The van der Waals surface area contributed by atoms with Gasteiger partial charge in [0.25, 0.3) is 0 Å². The van der Waals surface area contributed by atoms with Gasteiger partial charge in [0.2, 0.25) is 0 Å². The zero-order chi connectivity index (χ0) is 27.7. The van der Waals surface area contributed by atoms with Gasteiger partial charge in [0.1, 0.15) is 11.6 Å². The number of alkyl halides is 3. The molecule has 0 radical (unpaired) electrons. The third kappa shape index (κ3) is 5.55. The number of halogens is 3. The second-order valence-electron chi connectivity index (χ2n) is 9.73. The van der Waals surface area contributed by atoms with Gasteiger partial charge in [-0.2, -0.15) is 13.2 Å². The highest BCUT2D eigenvalue weighted by molar-refractivity contribution is 5.88. The fourth-order valence-electron chi connectivity index (χ4n) is 4.99. The summed E-state index contributed by atoms with van der Waals surface area (Å²) in [5.74, 6) is 1.18. The topological polar surface area (TPSA) is 70.2 Å². The first-order valence-corrected chi connectivity index (χ1v) is 12.8. The summed E-state index contributed by atoms with van der Waals surface area (Å²) in [6, 6.07) is 25.3. The van der Waals surface area contributed by atoms with Crippen molar-refractivity contribution in [2.45, 2.75) is 25.7 Å². The molecule has 0 aliphatic carbocycles. The molecule has 0 atom stereocenters. The number of amides is 1. The minimum absolute atomic E-state index is 0.249. The highest BCUT2D eigenvalue weighted by Gasteiger charge is 2.30. The van der Waals surface area contributed by atoms with Crippen LogP contribution in [0.4, 0.5) is 23.7 Å². The number of imidazole rings is 1. The Hall–Kier alpha value is -4.63. The van der Waals surface area contributed by atoms with E-state index in [2.05, 4.69) is 20.2 Å². The average Bonchev–Trinajstić information content (AvgIpc) is 3.35. The molecule has 4 aromatic carbocycles. The summed E-state index contributed by atoms with van der Waals surface area (Å²) in [5, 5.41) is 2.78. The van der Waals surface area contributed by atoms with Gasteiger partial charge in [-0.25, -0.2) is 9.78 Å². The molecule has 1 aromatic heterocycles. The maximum absolute atomic E-state index is 12.9. The van der Waals surface area contributed by atoms with Crippen molar-refractivity contribution in [3.05, 3.63) is 114 Å². The highest BCUT2D eigenvalue weighted by Crippen LogP contribution is 2.34. The molecule has 5 aromatic rings. The fraction of sp³-hybridized carbons (Fsp3) is 0.161. The van der Waals surface area contributed by atoms with Crippen molar-refractivity contribution >= 4 is 22.8 Å². The number of benzene rings is 4. The van der Waals surface area contributed by atoms with Gasteiger partial charge in [0, 0.05) is 24.3 Å². The number of para-hydroxylation sites is 3. The fourth-order valence-corrected chi connectivity index (χ4v) is 4.99. The van der Waals surface area contributed by atoms with Gasteiger partial charge in [-0.15, -0.1) is 0 Å². The van der Waals surface area contributed by atoms with E-state index in [0.29, 0.717) is 16.8 Å². The minimum Gasteiger partial charge on any atom is -0.409 e. The zero-order valence-electron chi connectivity index (χ0n) is 21.3. The Balaban J connectivity index is 1.10. The van der Waals surface area contributed by atoms with Crippen LogP contribution in [0.5, 0.6) is 5.75 Å². The van der Waals surface area contributed by atoms with Crippen molar-refractivity contribution < 1.29 is 22.7 Å². The Labute approximate surface area is 228 Å². The normalized spacial score (nSPS) is 13.7. The number of hydrogen-bond donors (Lipinski definition) is 2. The Morgan fingerprint density at radius 3 is 2.52 bits per heavy atom. The lowest BCUT2D eigenvalue weighted by molar-refractivity contribution is -0.137. The molecular weight excluding hydrogens is 517 g/mol. The van der Waals surface area contributed by atoms with Gasteiger partial charge in [0.15, 0.2) is 0 Å². The molecule has 40 heavy (non-hydrogen) atoms. The van der Waals surface area contributed by atoms with Crippen LogP contribution in [0.3, 0.4) is 0 Å². The molecule has 202 valence electrons. The van der Waals surface area contributed by atoms with Crippen LogP contribution in [0.2, 0.25) is 0 Å². The molecule has 9 heteroatoms. The number of aromatic amines is 1. The van der Waals surface area contributed by atoms with Gasteiger partial charge >= 0.3 is 12.3 Å². The third-order valence-corrected chi connectivity index (χ3v) is 6.97. The second kappa shape index (κ2) is 10.5. The highest BCUT2D eigenvalue weighted by atomic mass is 19.4. The summed E-state index contributed by atoms with van der Waals surface area (Å²) < 4.78 is 44.4. The number of ether oxygens (including phenoxy) is 1. The maximum atomic E-state index is 12.9. The minimum atomic E-state index is -4.42. The summed E-state index contributed by atoms with van der Waals surface area (Å²) in [7, 11) is 0. The molecule has 6 rings (SSSR count). The molecule has 2 heterocycles. The predicted molar refractivity (Wildman–Crippen MR) is 147 cm³/mol. The smallest absolute Gasteiger partial charge is 0.409 e. The first-order chi connectivity index (χ1) is 19.3. The van der Waals surface area contributed by atoms with Crippen molar-refractivity contribution in [2.24, 2.45) is 0 Å². The third-order valence-electron chi connectivity index (χ3n) is 6.97. The zero-order valence-corrected chi connectivity index (χ0v) is 21.3. The number of hydrogen-bond acceptors (Lipinski definition) is 4.